The Bertz CT molecular complexity index is 596. The lowest BCUT2D eigenvalue weighted by atomic mass is 10.0. The Kier molecular flexibility index (Phi) is 3.33. The van der Waals surface area contributed by atoms with Crippen molar-refractivity contribution in [2.24, 2.45) is 0 Å². The van der Waals surface area contributed by atoms with Gasteiger partial charge in [-0.2, -0.15) is 0 Å². The molecule has 3 rings (SSSR count). The molecule has 4 nitrogen and oxygen atoms in total. The Labute approximate surface area is 117 Å². The van der Waals surface area contributed by atoms with E-state index in [-0.39, 0.29) is 0 Å². The van der Waals surface area contributed by atoms with E-state index in [9.17, 15) is 0 Å². The average Bonchev–Trinajstić information content (AvgIpc) is 2.69. The molecule has 1 fully saturated rings. The number of aromatic nitrogens is 1. The maximum absolute atomic E-state index is 6.13. The lowest BCUT2D eigenvalue weighted by Crippen LogP contribution is -2.32. The number of hydrogen-bond acceptors (Lipinski definition) is 5. The van der Waals surface area contributed by atoms with Crippen molar-refractivity contribution in [2.75, 3.05) is 17.7 Å². The molecule has 102 valence electrons. The Hall–Kier alpha value is -1.33. The predicted octanol–water partition coefficient (Wildman–Crippen LogP) is 3.17. The number of nitrogens with one attached hydrogen (secondary N) is 1. The van der Waals surface area contributed by atoms with Gasteiger partial charge in [0.15, 0.2) is 0 Å². The minimum absolute atomic E-state index is 0.317. The summed E-state index contributed by atoms with van der Waals surface area (Å²) >= 11 is 1.68. The molecule has 5 heteroatoms. The van der Waals surface area contributed by atoms with Gasteiger partial charge in [-0.25, -0.2) is 4.98 Å². The number of aryl methyl sites for hydroxylation is 1. The fourth-order valence-electron chi connectivity index (χ4n) is 2.58. The van der Waals surface area contributed by atoms with E-state index in [0.717, 1.165) is 46.0 Å². The summed E-state index contributed by atoms with van der Waals surface area (Å²) in [5, 5.41) is 4.62. The highest BCUT2D eigenvalue weighted by atomic mass is 32.1. The van der Waals surface area contributed by atoms with Crippen LogP contribution in [-0.4, -0.2) is 23.7 Å². The maximum Gasteiger partial charge on any atom is 0.0907 e. The lowest BCUT2D eigenvalue weighted by molar-refractivity contribution is 0.0232. The van der Waals surface area contributed by atoms with Crippen LogP contribution in [0.3, 0.4) is 0 Å². The van der Waals surface area contributed by atoms with Crippen LogP contribution in [0.4, 0.5) is 11.4 Å². The van der Waals surface area contributed by atoms with Gasteiger partial charge in [0.25, 0.3) is 0 Å². The fourth-order valence-corrected chi connectivity index (χ4v) is 3.44. The van der Waals surface area contributed by atoms with Crippen LogP contribution in [0, 0.1) is 6.92 Å². The third kappa shape index (κ3) is 2.67. The molecule has 0 saturated carbocycles. The number of nitrogens with two attached hydrogens (primary N) is 1. The van der Waals surface area contributed by atoms with Gasteiger partial charge in [-0.15, -0.1) is 11.3 Å². The number of benzene rings is 1. The second-order valence-corrected chi connectivity index (χ2v) is 6.42. The van der Waals surface area contributed by atoms with Crippen LogP contribution in [-0.2, 0) is 4.74 Å². The lowest BCUT2D eigenvalue weighted by Gasteiger charge is -2.29. The molecule has 0 bridgehead atoms. The molecule has 0 radical (unpaired) electrons. The highest BCUT2D eigenvalue weighted by Gasteiger charge is 2.20. The number of anilines is 2. The van der Waals surface area contributed by atoms with Crippen LogP contribution in [0.2, 0.25) is 0 Å². The fraction of sp³-hybridized carbons (Fsp3) is 0.500. The Morgan fingerprint density at radius 2 is 2.32 bits per heavy atom. The van der Waals surface area contributed by atoms with E-state index in [1.54, 1.807) is 11.3 Å². The number of nitrogens with zero attached hydrogens (tertiary/aromatic N) is 1. The quantitative estimate of drug-likeness (QED) is 0.828. The molecule has 2 unspecified atom stereocenters. The highest BCUT2D eigenvalue weighted by Crippen LogP contribution is 2.31. The van der Waals surface area contributed by atoms with E-state index in [4.69, 9.17) is 10.5 Å². The zero-order valence-corrected chi connectivity index (χ0v) is 12.1. The maximum atomic E-state index is 6.13. The van der Waals surface area contributed by atoms with E-state index in [1.807, 2.05) is 13.0 Å². The summed E-state index contributed by atoms with van der Waals surface area (Å²) in [6, 6.07) is 4.52. The summed E-state index contributed by atoms with van der Waals surface area (Å²) in [4.78, 5) is 4.52. The minimum atomic E-state index is 0.317. The third-order valence-electron chi connectivity index (χ3n) is 3.51. The van der Waals surface area contributed by atoms with Gasteiger partial charge in [0.1, 0.15) is 0 Å². The largest absolute Gasteiger partial charge is 0.397 e. The van der Waals surface area contributed by atoms with Crippen molar-refractivity contribution in [1.82, 2.24) is 4.98 Å². The molecule has 1 saturated heterocycles. The van der Waals surface area contributed by atoms with Gasteiger partial charge >= 0.3 is 0 Å². The molecular formula is C14H19N3OS. The Morgan fingerprint density at radius 1 is 1.47 bits per heavy atom. The van der Waals surface area contributed by atoms with Crippen LogP contribution in [0.5, 0.6) is 0 Å². The molecule has 2 aromatic rings. The average molecular weight is 277 g/mol. The number of hydrogen-bond donors (Lipinski definition) is 2. The van der Waals surface area contributed by atoms with Crippen molar-refractivity contribution in [3.8, 4) is 0 Å². The van der Waals surface area contributed by atoms with Gasteiger partial charge in [0.2, 0.25) is 0 Å². The van der Waals surface area contributed by atoms with E-state index in [1.165, 1.54) is 0 Å². The summed E-state index contributed by atoms with van der Waals surface area (Å²) in [6.45, 7) is 4.95. The van der Waals surface area contributed by atoms with E-state index in [2.05, 4.69) is 23.3 Å². The highest BCUT2D eigenvalue weighted by molar-refractivity contribution is 7.18. The van der Waals surface area contributed by atoms with Gasteiger partial charge in [-0.1, -0.05) is 0 Å². The standard InChI is InChI=1S/C14H19N3OS/c1-8-5-10(3-4-18-8)17-12-7-13-14(6-11(12)15)19-9(2)16-13/h6-8,10,17H,3-5,15H2,1-2H3. The van der Waals surface area contributed by atoms with E-state index < -0.39 is 0 Å². The zero-order valence-electron chi connectivity index (χ0n) is 11.3. The van der Waals surface area contributed by atoms with Gasteiger partial charge < -0.3 is 15.8 Å². The molecule has 0 spiro atoms. The number of fused-ring (bicyclic) bond motifs is 1. The topological polar surface area (TPSA) is 60.2 Å². The molecule has 19 heavy (non-hydrogen) atoms. The molecule has 1 aromatic carbocycles. The van der Waals surface area contributed by atoms with E-state index >= 15 is 0 Å². The first-order valence-electron chi connectivity index (χ1n) is 6.66. The van der Waals surface area contributed by atoms with E-state index in [0.29, 0.717) is 12.1 Å². The van der Waals surface area contributed by atoms with Crippen LogP contribution >= 0.6 is 11.3 Å². The van der Waals surface area contributed by atoms with Crippen molar-refractivity contribution in [3.05, 3.63) is 17.1 Å². The molecule has 0 amide bonds. The van der Waals surface area contributed by atoms with Crippen molar-refractivity contribution in [2.45, 2.75) is 38.8 Å². The van der Waals surface area contributed by atoms with Gasteiger partial charge in [-0.3, -0.25) is 0 Å². The molecule has 1 aromatic heterocycles. The number of nitrogen functional groups attached to an aromatic ring is 1. The zero-order chi connectivity index (χ0) is 13.4. The summed E-state index contributed by atoms with van der Waals surface area (Å²) in [6.07, 6.45) is 2.36. The van der Waals surface area contributed by atoms with Crippen molar-refractivity contribution >= 4 is 32.9 Å². The molecule has 0 aliphatic carbocycles. The van der Waals surface area contributed by atoms with Crippen molar-refractivity contribution in [1.29, 1.82) is 0 Å². The van der Waals surface area contributed by atoms with Crippen molar-refractivity contribution in [3.63, 3.8) is 0 Å². The van der Waals surface area contributed by atoms with Crippen LogP contribution < -0.4 is 11.1 Å². The minimum Gasteiger partial charge on any atom is -0.397 e. The second-order valence-electron chi connectivity index (χ2n) is 5.19. The molecule has 1 aliphatic rings. The van der Waals surface area contributed by atoms with Crippen LogP contribution in [0.25, 0.3) is 10.2 Å². The SMILES string of the molecule is Cc1nc2cc(NC3CCOC(C)C3)c(N)cc2s1. The summed E-state index contributed by atoms with van der Waals surface area (Å²) in [5.74, 6) is 0. The summed E-state index contributed by atoms with van der Waals surface area (Å²) in [7, 11) is 0. The smallest absolute Gasteiger partial charge is 0.0907 e. The number of thiazole rings is 1. The van der Waals surface area contributed by atoms with Crippen LogP contribution in [0.1, 0.15) is 24.8 Å². The molecule has 3 N–H and O–H groups in total. The molecular weight excluding hydrogens is 258 g/mol. The molecule has 2 atom stereocenters. The number of rotatable bonds is 2. The first-order valence-corrected chi connectivity index (χ1v) is 7.48. The summed E-state index contributed by atoms with van der Waals surface area (Å²) < 4.78 is 6.72. The summed E-state index contributed by atoms with van der Waals surface area (Å²) in [5.41, 5.74) is 8.96. The first kappa shape index (κ1) is 12.7. The first-order chi connectivity index (χ1) is 9.11. The van der Waals surface area contributed by atoms with Gasteiger partial charge in [-0.05, 0) is 38.8 Å². The molecule has 2 heterocycles. The normalized spacial score (nSPS) is 23.7. The monoisotopic (exact) mass is 277 g/mol. The Balaban J connectivity index is 1.85. The number of ether oxygens (including phenoxy) is 1. The van der Waals surface area contributed by atoms with Crippen molar-refractivity contribution < 1.29 is 4.74 Å². The van der Waals surface area contributed by atoms with Gasteiger partial charge in [0.05, 0.1) is 32.7 Å². The van der Waals surface area contributed by atoms with Crippen LogP contribution in [0.15, 0.2) is 12.1 Å². The second kappa shape index (κ2) is 4.98. The Morgan fingerprint density at radius 3 is 3.11 bits per heavy atom. The third-order valence-corrected chi connectivity index (χ3v) is 4.45. The predicted molar refractivity (Wildman–Crippen MR) is 80.8 cm³/mol. The van der Waals surface area contributed by atoms with Gasteiger partial charge in [0, 0.05) is 12.6 Å². The molecule has 1 aliphatic heterocycles.